The van der Waals surface area contributed by atoms with Crippen LogP contribution in [0.15, 0.2) is 48.5 Å². The van der Waals surface area contributed by atoms with Crippen LogP contribution in [0.4, 0.5) is 4.79 Å². The third kappa shape index (κ3) is 10.5. The van der Waals surface area contributed by atoms with Crippen LogP contribution in [0.2, 0.25) is 0 Å². The lowest BCUT2D eigenvalue weighted by atomic mass is 9.86. The maximum Gasteiger partial charge on any atom is 0.410 e. The van der Waals surface area contributed by atoms with E-state index in [-0.39, 0.29) is 24.4 Å². The molecule has 7 heteroatoms. The number of rotatable bonds is 12. The third-order valence-electron chi connectivity index (χ3n) is 6.57. The Hall–Kier alpha value is -3.19. The quantitative estimate of drug-likeness (QED) is 0.277. The first-order chi connectivity index (χ1) is 18.1. The van der Waals surface area contributed by atoms with Crippen LogP contribution < -0.4 is 0 Å². The van der Waals surface area contributed by atoms with Crippen molar-refractivity contribution in [2.45, 2.75) is 97.5 Å². The van der Waals surface area contributed by atoms with Crippen molar-refractivity contribution in [1.82, 2.24) is 4.90 Å². The van der Waals surface area contributed by atoms with Crippen LogP contribution in [0.1, 0.15) is 77.1 Å². The van der Waals surface area contributed by atoms with Crippen molar-refractivity contribution in [2.75, 3.05) is 7.05 Å². The van der Waals surface area contributed by atoms with Crippen LogP contribution in [-0.2, 0) is 43.9 Å². The molecule has 1 amide bonds. The van der Waals surface area contributed by atoms with E-state index in [0.29, 0.717) is 12.8 Å². The van der Waals surface area contributed by atoms with Gasteiger partial charge in [-0.25, -0.2) is 9.59 Å². The molecule has 2 atom stereocenters. The standard InChI is InChI=1S/C32H45NO6/c1-22(2)17-27(20-34)33(8)30(37)39-32(6,7)19-24-9-11-25(12-10-24)21-38-29(36)28(35)18-23-13-15-26(16-14-23)31(3,4)5/h9-16,20,22,27-28,35H,17-19,21H2,1-8H3. The fraction of sp³-hybridized carbons (Fsp3) is 0.531. The lowest BCUT2D eigenvalue weighted by Gasteiger charge is -2.31. The maximum absolute atomic E-state index is 12.6. The average Bonchev–Trinajstić information content (AvgIpc) is 2.85. The monoisotopic (exact) mass is 539 g/mol. The summed E-state index contributed by atoms with van der Waals surface area (Å²) < 4.78 is 11.0. The smallest absolute Gasteiger partial charge is 0.410 e. The summed E-state index contributed by atoms with van der Waals surface area (Å²) in [7, 11) is 1.58. The van der Waals surface area contributed by atoms with Gasteiger partial charge in [0, 0.05) is 19.9 Å². The van der Waals surface area contributed by atoms with E-state index >= 15 is 0 Å². The molecule has 0 fully saturated rings. The van der Waals surface area contributed by atoms with Crippen LogP contribution in [0.3, 0.4) is 0 Å². The van der Waals surface area contributed by atoms with E-state index in [4.69, 9.17) is 9.47 Å². The van der Waals surface area contributed by atoms with E-state index in [1.165, 1.54) is 10.5 Å². The summed E-state index contributed by atoms with van der Waals surface area (Å²) in [6.07, 6.45) is 0.236. The number of amides is 1. The number of benzene rings is 2. The van der Waals surface area contributed by atoms with Gasteiger partial charge in [0.1, 0.15) is 18.5 Å². The number of ether oxygens (including phenoxy) is 2. The van der Waals surface area contributed by atoms with Gasteiger partial charge in [0.05, 0.1) is 6.04 Å². The van der Waals surface area contributed by atoms with Crippen LogP contribution in [-0.4, -0.2) is 53.1 Å². The number of nitrogens with zero attached hydrogens (tertiary/aromatic N) is 1. The molecule has 0 bridgehead atoms. The Morgan fingerprint density at radius 1 is 0.923 bits per heavy atom. The van der Waals surface area contributed by atoms with Gasteiger partial charge in [-0.2, -0.15) is 0 Å². The van der Waals surface area contributed by atoms with Gasteiger partial charge in [-0.3, -0.25) is 0 Å². The molecular weight excluding hydrogens is 494 g/mol. The second-order valence-electron chi connectivity index (χ2n) is 12.3. The zero-order valence-corrected chi connectivity index (χ0v) is 24.7. The van der Waals surface area contributed by atoms with E-state index in [1.807, 2.05) is 76.2 Å². The van der Waals surface area contributed by atoms with Crippen LogP contribution in [0.5, 0.6) is 0 Å². The minimum Gasteiger partial charge on any atom is -0.459 e. The predicted molar refractivity (Wildman–Crippen MR) is 152 cm³/mol. The number of aliphatic hydroxyl groups excluding tert-OH is 1. The number of carbonyl (C=O) groups excluding carboxylic acids is 3. The second-order valence-corrected chi connectivity index (χ2v) is 12.3. The second kappa shape index (κ2) is 13.7. The Balaban J connectivity index is 1.86. The van der Waals surface area contributed by atoms with E-state index in [1.54, 1.807) is 7.05 Å². The Bertz CT molecular complexity index is 1080. The molecule has 2 unspecified atom stereocenters. The summed E-state index contributed by atoms with van der Waals surface area (Å²) in [5.74, 6) is -0.391. The summed E-state index contributed by atoms with van der Waals surface area (Å²) >= 11 is 0. The summed E-state index contributed by atoms with van der Waals surface area (Å²) in [6, 6.07) is 14.8. The number of carbonyl (C=O) groups is 3. The zero-order valence-electron chi connectivity index (χ0n) is 24.7. The van der Waals surface area contributed by atoms with Gasteiger partial charge in [-0.1, -0.05) is 83.1 Å². The van der Waals surface area contributed by atoms with Crippen molar-refractivity contribution in [1.29, 1.82) is 0 Å². The lowest BCUT2D eigenvalue weighted by molar-refractivity contribution is -0.154. The molecule has 2 rings (SSSR count). The molecule has 7 nitrogen and oxygen atoms in total. The van der Waals surface area contributed by atoms with Crippen molar-refractivity contribution in [2.24, 2.45) is 5.92 Å². The van der Waals surface area contributed by atoms with E-state index in [2.05, 4.69) is 20.8 Å². The van der Waals surface area contributed by atoms with E-state index in [0.717, 1.165) is 23.0 Å². The van der Waals surface area contributed by atoms with E-state index < -0.39 is 29.8 Å². The molecule has 0 spiro atoms. The van der Waals surface area contributed by atoms with Crippen LogP contribution in [0, 0.1) is 5.92 Å². The van der Waals surface area contributed by atoms with Crippen molar-refractivity contribution in [3.63, 3.8) is 0 Å². The van der Waals surface area contributed by atoms with Gasteiger partial charge in [0.15, 0.2) is 6.10 Å². The molecular formula is C32H45NO6. The van der Waals surface area contributed by atoms with Crippen molar-refractivity contribution >= 4 is 18.3 Å². The van der Waals surface area contributed by atoms with Gasteiger partial charge >= 0.3 is 12.1 Å². The molecule has 0 aliphatic carbocycles. The highest BCUT2D eigenvalue weighted by molar-refractivity contribution is 5.75. The number of hydrogen-bond donors (Lipinski definition) is 1. The summed E-state index contributed by atoms with van der Waals surface area (Å²) in [6.45, 7) is 14.1. The number of aliphatic hydroxyl groups is 1. The first-order valence-corrected chi connectivity index (χ1v) is 13.5. The van der Waals surface area contributed by atoms with Gasteiger partial charge in [0.25, 0.3) is 0 Å². The van der Waals surface area contributed by atoms with Crippen LogP contribution in [0.25, 0.3) is 0 Å². The highest BCUT2D eigenvalue weighted by atomic mass is 16.6. The van der Waals surface area contributed by atoms with Gasteiger partial charge in [-0.15, -0.1) is 0 Å². The molecule has 214 valence electrons. The zero-order chi connectivity index (χ0) is 29.4. The molecule has 39 heavy (non-hydrogen) atoms. The number of likely N-dealkylation sites (N-methyl/N-ethyl adjacent to an activating group) is 1. The van der Waals surface area contributed by atoms with Gasteiger partial charge in [0.2, 0.25) is 0 Å². The summed E-state index contributed by atoms with van der Waals surface area (Å²) in [5, 5.41) is 10.3. The molecule has 2 aromatic rings. The Labute approximate surface area is 233 Å². The number of hydrogen-bond acceptors (Lipinski definition) is 6. The highest BCUT2D eigenvalue weighted by Gasteiger charge is 2.29. The van der Waals surface area contributed by atoms with Crippen LogP contribution >= 0.6 is 0 Å². The Kier molecular flexibility index (Phi) is 11.3. The van der Waals surface area contributed by atoms with E-state index in [9.17, 15) is 19.5 Å². The Morgan fingerprint density at radius 3 is 1.97 bits per heavy atom. The first kappa shape index (κ1) is 32.0. The van der Waals surface area contributed by atoms with Crippen molar-refractivity contribution in [3.05, 3.63) is 70.8 Å². The number of esters is 1. The van der Waals surface area contributed by atoms with Crippen molar-refractivity contribution < 1.29 is 29.0 Å². The SMILES string of the molecule is CC(C)CC(C=O)N(C)C(=O)OC(C)(C)Cc1ccc(COC(=O)C(O)Cc2ccc(C(C)(C)C)cc2)cc1. The molecule has 1 N–H and O–H groups in total. The molecule has 2 aromatic carbocycles. The third-order valence-corrected chi connectivity index (χ3v) is 6.57. The maximum atomic E-state index is 12.6. The largest absolute Gasteiger partial charge is 0.459 e. The fourth-order valence-electron chi connectivity index (χ4n) is 4.21. The minimum absolute atomic E-state index is 0.0381. The lowest BCUT2D eigenvalue weighted by Crippen LogP contribution is -2.43. The molecule has 0 heterocycles. The predicted octanol–water partition coefficient (Wildman–Crippen LogP) is 5.63. The topological polar surface area (TPSA) is 93.1 Å². The molecule has 0 saturated carbocycles. The molecule has 0 aliphatic heterocycles. The first-order valence-electron chi connectivity index (χ1n) is 13.5. The van der Waals surface area contributed by atoms with Gasteiger partial charge in [-0.05, 0) is 53.9 Å². The summed E-state index contributed by atoms with van der Waals surface area (Å²) in [5.41, 5.74) is 3.03. The molecule has 0 aromatic heterocycles. The fourth-order valence-corrected chi connectivity index (χ4v) is 4.21. The molecule has 0 aliphatic rings. The highest BCUT2D eigenvalue weighted by Crippen LogP contribution is 2.23. The normalized spacial score (nSPS) is 13.5. The van der Waals surface area contributed by atoms with Gasteiger partial charge < -0.3 is 24.3 Å². The Morgan fingerprint density at radius 2 is 1.46 bits per heavy atom. The molecule has 0 radical (unpaired) electrons. The van der Waals surface area contributed by atoms with Crippen molar-refractivity contribution in [3.8, 4) is 0 Å². The minimum atomic E-state index is -1.24. The summed E-state index contributed by atoms with van der Waals surface area (Å²) in [4.78, 5) is 37.8. The number of aldehydes is 1. The molecule has 0 saturated heterocycles. The average molecular weight is 540 g/mol.